The molecule has 17 heavy (non-hydrogen) atoms. The molecule has 4 nitrogen and oxygen atoms in total. The van der Waals surface area contributed by atoms with E-state index in [1.54, 1.807) is 0 Å². The van der Waals surface area contributed by atoms with Crippen molar-refractivity contribution in [3.8, 4) is 0 Å². The van der Waals surface area contributed by atoms with Crippen molar-refractivity contribution < 1.29 is 0 Å². The molecule has 1 saturated heterocycles. The van der Waals surface area contributed by atoms with E-state index in [0.29, 0.717) is 5.92 Å². The summed E-state index contributed by atoms with van der Waals surface area (Å²) in [6.45, 7) is 3.27. The number of aryl methyl sites for hydroxylation is 1. The lowest BCUT2D eigenvalue weighted by Gasteiger charge is -2.39. The predicted molar refractivity (Wildman–Crippen MR) is 65.5 cm³/mol. The molecule has 0 spiro atoms. The highest BCUT2D eigenvalue weighted by Crippen LogP contribution is 2.27. The summed E-state index contributed by atoms with van der Waals surface area (Å²) in [7, 11) is 2.00. The fraction of sp³-hybridized carbons (Fsp3) is 0.385. The van der Waals surface area contributed by atoms with Gasteiger partial charge in [-0.2, -0.15) is 5.10 Å². The fourth-order valence-electron chi connectivity index (χ4n) is 2.33. The summed E-state index contributed by atoms with van der Waals surface area (Å²) in [5.74, 6) is 0.672. The standard InChI is InChI=1S/C13H16N4/c1-16-13(4-7-15-16)10-17-8-12(9-17)11-2-5-14-6-3-11/h2-7,12H,8-10H2,1H3. The Morgan fingerprint density at radius 2 is 1.94 bits per heavy atom. The van der Waals surface area contributed by atoms with Gasteiger partial charge in [-0.3, -0.25) is 14.6 Å². The zero-order valence-corrected chi connectivity index (χ0v) is 9.95. The van der Waals surface area contributed by atoms with Crippen LogP contribution in [-0.2, 0) is 13.6 Å². The Labute approximate surface area is 101 Å². The van der Waals surface area contributed by atoms with Crippen molar-refractivity contribution in [2.45, 2.75) is 12.5 Å². The molecule has 1 fully saturated rings. The van der Waals surface area contributed by atoms with Gasteiger partial charge in [0.25, 0.3) is 0 Å². The Morgan fingerprint density at radius 1 is 1.18 bits per heavy atom. The van der Waals surface area contributed by atoms with Crippen molar-refractivity contribution in [3.05, 3.63) is 48.0 Å². The number of aromatic nitrogens is 3. The second kappa shape index (κ2) is 4.30. The van der Waals surface area contributed by atoms with Crippen molar-refractivity contribution in [1.29, 1.82) is 0 Å². The first-order valence-corrected chi connectivity index (χ1v) is 5.92. The third kappa shape index (κ3) is 2.08. The number of pyridine rings is 1. The summed E-state index contributed by atoms with van der Waals surface area (Å²) in [6, 6.07) is 6.32. The number of likely N-dealkylation sites (tertiary alicyclic amines) is 1. The number of hydrogen-bond donors (Lipinski definition) is 0. The van der Waals surface area contributed by atoms with Crippen molar-refractivity contribution in [1.82, 2.24) is 19.7 Å². The molecule has 0 atom stereocenters. The topological polar surface area (TPSA) is 34.0 Å². The Balaban J connectivity index is 1.57. The fourth-order valence-corrected chi connectivity index (χ4v) is 2.33. The van der Waals surface area contributed by atoms with Crippen LogP contribution < -0.4 is 0 Å². The minimum atomic E-state index is 0.672. The van der Waals surface area contributed by atoms with E-state index in [-0.39, 0.29) is 0 Å². The Morgan fingerprint density at radius 3 is 2.59 bits per heavy atom. The van der Waals surface area contributed by atoms with Crippen molar-refractivity contribution >= 4 is 0 Å². The SMILES string of the molecule is Cn1nccc1CN1CC(c2ccncc2)C1. The van der Waals surface area contributed by atoms with Crippen LogP contribution >= 0.6 is 0 Å². The van der Waals surface area contributed by atoms with Crippen LogP contribution in [0.4, 0.5) is 0 Å². The third-order valence-electron chi connectivity index (χ3n) is 3.44. The minimum absolute atomic E-state index is 0.672. The van der Waals surface area contributed by atoms with Crippen LogP contribution in [0.15, 0.2) is 36.8 Å². The van der Waals surface area contributed by atoms with E-state index in [1.807, 2.05) is 30.3 Å². The van der Waals surface area contributed by atoms with Crippen molar-refractivity contribution in [2.75, 3.05) is 13.1 Å². The van der Waals surface area contributed by atoms with Crippen LogP contribution in [0.3, 0.4) is 0 Å². The van der Waals surface area contributed by atoms with Gasteiger partial charge in [0, 0.05) is 51.2 Å². The van der Waals surface area contributed by atoms with Gasteiger partial charge in [0.15, 0.2) is 0 Å². The van der Waals surface area contributed by atoms with E-state index >= 15 is 0 Å². The smallest absolute Gasteiger partial charge is 0.0521 e. The van der Waals surface area contributed by atoms with E-state index in [2.05, 4.69) is 33.2 Å². The molecular formula is C13H16N4. The number of rotatable bonds is 3. The minimum Gasteiger partial charge on any atom is -0.296 e. The van der Waals surface area contributed by atoms with Gasteiger partial charge in [-0.25, -0.2) is 0 Å². The lowest BCUT2D eigenvalue weighted by atomic mass is 9.92. The molecule has 3 rings (SSSR count). The average Bonchev–Trinajstić information content (AvgIpc) is 2.70. The van der Waals surface area contributed by atoms with Crippen molar-refractivity contribution in [2.24, 2.45) is 7.05 Å². The van der Waals surface area contributed by atoms with Gasteiger partial charge in [-0.05, 0) is 23.8 Å². The molecule has 1 aliphatic rings. The molecule has 1 aliphatic heterocycles. The maximum Gasteiger partial charge on any atom is 0.0521 e. The first-order chi connectivity index (χ1) is 8.33. The lowest BCUT2D eigenvalue weighted by molar-refractivity contribution is 0.136. The summed E-state index contributed by atoms with van der Waals surface area (Å²) < 4.78 is 1.94. The summed E-state index contributed by atoms with van der Waals surface area (Å²) in [4.78, 5) is 6.50. The zero-order chi connectivity index (χ0) is 11.7. The monoisotopic (exact) mass is 228 g/mol. The lowest BCUT2D eigenvalue weighted by Crippen LogP contribution is -2.44. The van der Waals surface area contributed by atoms with Gasteiger partial charge in [-0.1, -0.05) is 0 Å². The van der Waals surface area contributed by atoms with E-state index in [1.165, 1.54) is 11.3 Å². The van der Waals surface area contributed by atoms with E-state index < -0.39 is 0 Å². The second-order valence-corrected chi connectivity index (χ2v) is 4.62. The van der Waals surface area contributed by atoms with Gasteiger partial charge in [0.05, 0.1) is 5.69 Å². The van der Waals surface area contributed by atoms with Gasteiger partial charge >= 0.3 is 0 Å². The summed E-state index contributed by atoms with van der Waals surface area (Å²) in [5.41, 5.74) is 2.68. The van der Waals surface area contributed by atoms with E-state index in [0.717, 1.165) is 19.6 Å². The molecule has 2 aromatic heterocycles. The molecular weight excluding hydrogens is 212 g/mol. The molecule has 0 bridgehead atoms. The molecule has 2 aromatic rings. The Bertz CT molecular complexity index is 485. The van der Waals surface area contributed by atoms with Crippen LogP contribution in [0.2, 0.25) is 0 Å². The highest BCUT2D eigenvalue weighted by atomic mass is 15.3. The van der Waals surface area contributed by atoms with Gasteiger partial charge < -0.3 is 0 Å². The maximum atomic E-state index is 4.19. The summed E-state index contributed by atoms with van der Waals surface area (Å²) in [5, 5.41) is 4.19. The van der Waals surface area contributed by atoms with Crippen LogP contribution in [0, 0.1) is 0 Å². The molecule has 0 saturated carbocycles. The maximum absolute atomic E-state index is 4.19. The first kappa shape index (κ1) is 10.5. The van der Waals surface area contributed by atoms with Gasteiger partial charge in [0.1, 0.15) is 0 Å². The molecule has 0 amide bonds. The zero-order valence-electron chi connectivity index (χ0n) is 9.95. The number of hydrogen-bond acceptors (Lipinski definition) is 3. The quantitative estimate of drug-likeness (QED) is 0.796. The summed E-state index contributed by atoms with van der Waals surface area (Å²) in [6.07, 6.45) is 5.60. The van der Waals surface area contributed by atoms with Crippen LogP contribution in [0.5, 0.6) is 0 Å². The molecule has 0 radical (unpaired) electrons. The van der Waals surface area contributed by atoms with Gasteiger partial charge in [0.2, 0.25) is 0 Å². The van der Waals surface area contributed by atoms with Crippen LogP contribution in [0.25, 0.3) is 0 Å². The Hall–Kier alpha value is -1.68. The van der Waals surface area contributed by atoms with Crippen LogP contribution in [0.1, 0.15) is 17.2 Å². The molecule has 0 N–H and O–H groups in total. The molecule has 88 valence electrons. The van der Waals surface area contributed by atoms with Crippen molar-refractivity contribution in [3.63, 3.8) is 0 Å². The molecule has 0 aromatic carbocycles. The molecule has 0 aliphatic carbocycles. The third-order valence-corrected chi connectivity index (χ3v) is 3.44. The molecule has 0 unspecified atom stereocenters. The molecule has 3 heterocycles. The predicted octanol–water partition coefficient (Wildman–Crippen LogP) is 1.41. The normalized spacial score (nSPS) is 17.0. The van der Waals surface area contributed by atoms with Crippen LogP contribution in [-0.4, -0.2) is 32.8 Å². The Kier molecular flexibility index (Phi) is 2.65. The highest BCUT2D eigenvalue weighted by molar-refractivity contribution is 5.20. The largest absolute Gasteiger partial charge is 0.296 e. The van der Waals surface area contributed by atoms with Gasteiger partial charge in [-0.15, -0.1) is 0 Å². The summed E-state index contributed by atoms with van der Waals surface area (Å²) >= 11 is 0. The van der Waals surface area contributed by atoms with E-state index in [9.17, 15) is 0 Å². The first-order valence-electron chi connectivity index (χ1n) is 5.92. The highest BCUT2D eigenvalue weighted by Gasteiger charge is 2.28. The average molecular weight is 228 g/mol. The molecule has 4 heteroatoms. The van der Waals surface area contributed by atoms with E-state index in [4.69, 9.17) is 0 Å². The second-order valence-electron chi connectivity index (χ2n) is 4.62. The number of nitrogens with zero attached hydrogens (tertiary/aromatic N) is 4.